The van der Waals surface area contributed by atoms with Gasteiger partial charge in [-0.3, -0.25) is 9.89 Å². The van der Waals surface area contributed by atoms with Crippen LogP contribution in [0.1, 0.15) is 18.4 Å². The van der Waals surface area contributed by atoms with Gasteiger partial charge in [-0.25, -0.2) is 23.4 Å². The Hall–Kier alpha value is -2.93. The van der Waals surface area contributed by atoms with Crippen molar-refractivity contribution in [3.05, 3.63) is 63.0 Å². The molecular weight excluding hydrogens is 542 g/mol. The number of hydrogen-bond acceptors (Lipinski definition) is 9. The smallest absolute Gasteiger partial charge is 0.337 e. The van der Waals surface area contributed by atoms with Crippen LogP contribution in [0.5, 0.6) is 0 Å². The number of carboxylic acids is 1. The molecule has 0 spiro atoms. The average molecular weight is 571 g/mol. The fourth-order valence-corrected chi connectivity index (χ4v) is 4.77. The van der Waals surface area contributed by atoms with Gasteiger partial charge < -0.3 is 19.9 Å². The number of alkyl halides is 1. The standard InChI is InChI=1S/C19H25FN4O5S.C6H4ClF/c1-2-29-19(27)14-6-22-17(18-21-3-4-30-18)23-15(14)9-24-7-12(5-13(20)8-24)10-28-11-16(25)26;7-5-2-1-3-6(8)4-5/h3-4,12-13H,2,5-11H2,1H3,(H,22,23)(H,25,26);1-4H. The van der Waals surface area contributed by atoms with E-state index in [1.165, 1.54) is 23.5 Å². The van der Waals surface area contributed by atoms with E-state index in [2.05, 4.69) is 15.3 Å². The molecule has 2 atom stereocenters. The minimum absolute atomic E-state index is 0.129. The number of rotatable bonds is 9. The number of carbonyl (C=O) groups is 2. The van der Waals surface area contributed by atoms with Crippen LogP contribution in [0.2, 0.25) is 5.02 Å². The van der Waals surface area contributed by atoms with E-state index in [-0.39, 0.29) is 38.0 Å². The second-order valence-corrected chi connectivity index (χ2v) is 9.88. The van der Waals surface area contributed by atoms with Gasteiger partial charge in [-0.05, 0) is 37.5 Å². The molecule has 9 nitrogen and oxygen atoms in total. The van der Waals surface area contributed by atoms with Crippen molar-refractivity contribution in [3.63, 3.8) is 0 Å². The molecule has 0 amide bonds. The Kier molecular flexibility index (Phi) is 11.6. The fourth-order valence-electron chi connectivity index (χ4n) is 3.99. The molecule has 0 bridgehead atoms. The van der Waals surface area contributed by atoms with E-state index in [1.54, 1.807) is 25.3 Å². The molecular formula is C25H29ClF2N4O5S. The molecule has 0 radical (unpaired) electrons. The molecule has 1 aromatic carbocycles. The summed E-state index contributed by atoms with van der Waals surface area (Å²) in [7, 11) is 0. The Balaban J connectivity index is 0.000000427. The lowest BCUT2D eigenvalue weighted by atomic mass is 9.97. The van der Waals surface area contributed by atoms with E-state index >= 15 is 0 Å². The Morgan fingerprint density at radius 1 is 1.34 bits per heavy atom. The van der Waals surface area contributed by atoms with Crippen molar-refractivity contribution in [1.29, 1.82) is 0 Å². The van der Waals surface area contributed by atoms with Crippen LogP contribution in [0.4, 0.5) is 8.78 Å². The van der Waals surface area contributed by atoms with Crippen LogP contribution in [0.25, 0.3) is 0 Å². The molecule has 38 heavy (non-hydrogen) atoms. The third-order valence-corrected chi connectivity index (χ3v) is 6.51. The highest BCUT2D eigenvalue weighted by Gasteiger charge is 2.31. The summed E-state index contributed by atoms with van der Waals surface area (Å²) in [6.07, 6.45) is 0.938. The molecule has 1 fully saturated rings. The third kappa shape index (κ3) is 9.43. The monoisotopic (exact) mass is 570 g/mol. The van der Waals surface area contributed by atoms with Crippen LogP contribution >= 0.6 is 22.9 Å². The van der Waals surface area contributed by atoms with Crippen molar-refractivity contribution in [3.8, 4) is 0 Å². The average Bonchev–Trinajstić information content (AvgIpc) is 3.39. The summed E-state index contributed by atoms with van der Waals surface area (Å²) in [4.78, 5) is 33.6. The van der Waals surface area contributed by atoms with E-state index in [0.29, 0.717) is 46.6 Å². The first kappa shape index (κ1) is 29.6. The number of likely N-dealkylation sites (tertiary alicyclic amines) is 1. The Labute approximate surface area is 228 Å². The predicted octanol–water partition coefficient (Wildman–Crippen LogP) is 3.55. The summed E-state index contributed by atoms with van der Waals surface area (Å²) in [6, 6.07) is 5.82. The van der Waals surface area contributed by atoms with Gasteiger partial charge >= 0.3 is 11.9 Å². The Morgan fingerprint density at radius 2 is 2.16 bits per heavy atom. The van der Waals surface area contributed by atoms with Crippen molar-refractivity contribution in [2.75, 3.05) is 46.0 Å². The molecule has 2 unspecified atom stereocenters. The maximum absolute atomic E-state index is 14.3. The number of halogens is 3. The van der Waals surface area contributed by atoms with Crippen molar-refractivity contribution < 1.29 is 33.0 Å². The van der Waals surface area contributed by atoms with Crippen LogP contribution in [0.15, 0.2) is 52.1 Å². The van der Waals surface area contributed by atoms with Crippen LogP contribution in [-0.4, -0.2) is 84.9 Å². The summed E-state index contributed by atoms with van der Waals surface area (Å²) in [5, 5.41) is 14.9. The third-order valence-electron chi connectivity index (χ3n) is 5.49. The summed E-state index contributed by atoms with van der Waals surface area (Å²) in [5.74, 6) is -1.35. The number of amidine groups is 1. The number of nitrogens with one attached hydrogen (secondary N) is 1. The second-order valence-electron chi connectivity index (χ2n) is 8.55. The lowest BCUT2D eigenvalue weighted by Gasteiger charge is -2.36. The van der Waals surface area contributed by atoms with Gasteiger partial charge in [0.25, 0.3) is 0 Å². The Bertz CT molecular complexity index is 1130. The number of hydrogen-bond donors (Lipinski definition) is 2. The first-order valence-corrected chi connectivity index (χ1v) is 13.2. The number of esters is 1. The first-order chi connectivity index (χ1) is 18.2. The molecule has 2 aromatic rings. The van der Waals surface area contributed by atoms with Gasteiger partial charge in [-0.15, -0.1) is 11.3 Å². The molecule has 2 N–H and O–H groups in total. The fraction of sp³-hybridized carbons (Fsp3) is 0.440. The molecule has 4 rings (SSSR count). The van der Waals surface area contributed by atoms with E-state index in [9.17, 15) is 18.4 Å². The highest BCUT2D eigenvalue weighted by Crippen LogP contribution is 2.22. The lowest BCUT2D eigenvalue weighted by Crippen LogP contribution is -2.46. The van der Waals surface area contributed by atoms with Crippen molar-refractivity contribution in [1.82, 2.24) is 15.2 Å². The van der Waals surface area contributed by atoms with Gasteiger partial charge in [-0.1, -0.05) is 17.7 Å². The van der Waals surface area contributed by atoms with Gasteiger partial charge in [0.1, 0.15) is 18.6 Å². The van der Waals surface area contributed by atoms with Crippen molar-refractivity contribution >= 4 is 40.7 Å². The molecule has 206 valence electrons. The number of aliphatic carboxylic acids is 1. The summed E-state index contributed by atoms with van der Waals surface area (Å²) < 4.78 is 36.7. The summed E-state index contributed by atoms with van der Waals surface area (Å²) >= 11 is 6.83. The normalized spacial score (nSPS) is 19.6. The van der Waals surface area contributed by atoms with Gasteiger partial charge in [0, 0.05) is 41.9 Å². The predicted molar refractivity (Wildman–Crippen MR) is 140 cm³/mol. The van der Waals surface area contributed by atoms with Crippen LogP contribution in [0.3, 0.4) is 0 Å². The molecule has 13 heteroatoms. The lowest BCUT2D eigenvalue weighted by molar-refractivity contribution is -0.143. The molecule has 2 aliphatic rings. The number of thiazole rings is 1. The molecule has 0 aliphatic carbocycles. The minimum atomic E-state index is -1.06. The number of piperidine rings is 1. The number of nitrogens with zero attached hydrogens (tertiary/aromatic N) is 3. The number of carbonyl (C=O) groups excluding carboxylic acids is 1. The Morgan fingerprint density at radius 3 is 2.79 bits per heavy atom. The van der Waals surface area contributed by atoms with E-state index in [4.69, 9.17) is 26.2 Å². The zero-order chi connectivity index (χ0) is 27.5. The van der Waals surface area contributed by atoms with Gasteiger partial charge in [-0.2, -0.15) is 0 Å². The summed E-state index contributed by atoms with van der Waals surface area (Å²) in [6.45, 7) is 2.98. The van der Waals surface area contributed by atoms with Crippen LogP contribution < -0.4 is 5.32 Å². The van der Waals surface area contributed by atoms with E-state index < -0.39 is 24.7 Å². The minimum Gasteiger partial charge on any atom is -0.480 e. The molecule has 1 aromatic heterocycles. The zero-order valence-corrected chi connectivity index (χ0v) is 22.3. The molecule has 3 heterocycles. The maximum Gasteiger partial charge on any atom is 0.337 e. The maximum atomic E-state index is 14.3. The van der Waals surface area contributed by atoms with Gasteiger partial charge in [0.2, 0.25) is 0 Å². The van der Waals surface area contributed by atoms with Gasteiger partial charge in [0.15, 0.2) is 10.8 Å². The van der Waals surface area contributed by atoms with E-state index in [0.717, 1.165) is 0 Å². The molecule has 1 saturated heterocycles. The number of aromatic nitrogens is 1. The highest BCUT2D eigenvalue weighted by atomic mass is 35.5. The second kappa shape index (κ2) is 14.9. The SMILES string of the molecule is CCOC(=O)C1=C(CN2CC(F)CC(COCC(=O)O)C2)NC(c2nccs2)=NC1.Fc1cccc(Cl)c1. The molecule has 2 aliphatic heterocycles. The van der Waals surface area contributed by atoms with Gasteiger partial charge in [0.05, 0.1) is 25.3 Å². The number of ether oxygens (including phenoxy) is 2. The summed E-state index contributed by atoms with van der Waals surface area (Å²) in [5.41, 5.74) is 1.03. The van der Waals surface area contributed by atoms with Crippen molar-refractivity contribution in [2.24, 2.45) is 10.9 Å². The van der Waals surface area contributed by atoms with Crippen LogP contribution in [0, 0.1) is 11.7 Å². The number of carboxylic acid groups (broad SMARTS) is 1. The quantitative estimate of drug-likeness (QED) is 0.440. The first-order valence-electron chi connectivity index (χ1n) is 11.9. The van der Waals surface area contributed by atoms with Crippen LogP contribution in [-0.2, 0) is 19.1 Å². The number of aliphatic imine (C=N–C) groups is 1. The molecule has 0 saturated carbocycles. The van der Waals surface area contributed by atoms with Crippen molar-refractivity contribution in [2.45, 2.75) is 19.5 Å². The van der Waals surface area contributed by atoms with E-state index in [1.807, 2.05) is 10.3 Å². The largest absolute Gasteiger partial charge is 0.480 e. The highest BCUT2D eigenvalue weighted by molar-refractivity contribution is 7.11. The number of benzene rings is 1. The topological polar surface area (TPSA) is 113 Å². The zero-order valence-electron chi connectivity index (χ0n) is 20.7.